The average molecular weight is 255 g/mol. The average Bonchev–Trinajstić information content (AvgIpc) is 2.59. The lowest BCUT2D eigenvalue weighted by atomic mass is 10.3. The maximum Gasteiger partial charge on any atom is 0.145 e. The van der Waals surface area contributed by atoms with Crippen molar-refractivity contribution < 1.29 is 4.74 Å². The molecule has 0 saturated carbocycles. The van der Waals surface area contributed by atoms with E-state index < -0.39 is 0 Å². The molecule has 14 heavy (non-hydrogen) atoms. The van der Waals surface area contributed by atoms with Gasteiger partial charge in [-0.15, -0.1) is 0 Å². The molecule has 1 aromatic carbocycles. The minimum absolute atomic E-state index is 0.855. The van der Waals surface area contributed by atoms with Crippen molar-refractivity contribution >= 4 is 27.0 Å². The van der Waals surface area contributed by atoms with Gasteiger partial charge in [-0.2, -0.15) is 0 Å². The van der Waals surface area contributed by atoms with Crippen molar-refractivity contribution in [1.29, 1.82) is 0 Å². The quantitative estimate of drug-likeness (QED) is 0.825. The standard InChI is InChI=1S/C10H11BrN2O/c1-3-13-6-12-8-4-7(11)5-9(14-2)10(8)13/h4-6H,3H2,1-2H3. The normalized spacial score (nSPS) is 10.8. The first kappa shape index (κ1) is 9.52. The Morgan fingerprint density at radius 2 is 2.29 bits per heavy atom. The highest BCUT2D eigenvalue weighted by atomic mass is 79.9. The molecular formula is C10H11BrN2O. The van der Waals surface area contributed by atoms with E-state index in [0.717, 1.165) is 27.8 Å². The Kier molecular flexibility index (Phi) is 2.46. The topological polar surface area (TPSA) is 27.1 Å². The van der Waals surface area contributed by atoms with Crippen molar-refractivity contribution in [3.05, 3.63) is 22.9 Å². The van der Waals surface area contributed by atoms with Crippen molar-refractivity contribution in [2.45, 2.75) is 13.5 Å². The minimum atomic E-state index is 0.855. The van der Waals surface area contributed by atoms with Gasteiger partial charge in [0, 0.05) is 11.0 Å². The van der Waals surface area contributed by atoms with Crippen LogP contribution in [0.3, 0.4) is 0 Å². The van der Waals surface area contributed by atoms with Crippen LogP contribution in [0.25, 0.3) is 11.0 Å². The number of rotatable bonds is 2. The second kappa shape index (κ2) is 3.61. The van der Waals surface area contributed by atoms with Crippen LogP contribution in [0.1, 0.15) is 6.92 Å². The number of benzene rings is 1. The molecule has 0 N–H and O–H groups in total. The van der Waals surface area contributed by atoms with Crippen LogP contribution in [0.2, 0.25) is 0 Å². The van der Waals surface area contributed by atoms with E-state index in [4.69, 9.17) is 4.74 Å². The molecule has 2 aromatic rings. The number of aryl methyl sites for hydroxylation is 1. The fraction of sp³-hybridized carbons (Fsp3) is 0.300. The summed E-state index contributed by atoms with van der Waals surface area (Å²) in [5, 5.41) is 0. The van der Waals surface area contributed by atoms with Gasteiger partial charge in [0.15, 0.2) is 0 Å². The van der Waals surface area contributed by atoms with Gasteiger partial charge in [-0.3, -0.25) is 0 Å². The molecule has 74 valence electrons. The molecule has 0 aliphatic carbocycles. The lowest BCUT2D eigenvalue weighted by molar-refractivity contribution is 0.417. The summed E-state index contributed by atoms with van der Waals surface area (Å²) >= 11 is 3.43. The van der Waals surface area contributed by atoms with Gasteiger partial charge < -0.3 is 9.30 Å². The number of methoxy groups -OCH3 is 1. The molecule has 0 amide bonds. The number of aromatic nitrogens is 2. The molecule has 4 heteroatoms. The molecule has 1 heterocycles. The fourth-order valence-electron chi connectivity index (χ4n) is 1.53. The summed E-state index contributed by atoms with van der Waals surface area (Å²) in [4.78, 5) is 4.31. The van der Waals surface area contributed by atoms with Crippen LogP contribution in [0.15, 0.2) is 22.9 Å². The molecular weight excluding hydrogens is 244 g/mol. The maximum atomic E-state index is 5.32. The van der Waals surface area contributed by atoms with Crippen LogP contribution >= 0.6 is 15.9 Å². The third kappa shape index (κ3) is 1.39. The summed E-state index contributed by atoms with van der Waals surface area (Å²) in [6.45, 7) is 2.98. The van der Waals surface area contributed by atoms with E-state index in [1.807, 2.05) is 18.5 Å². The van der Waals surface area contributed by atoms with E-state index in [0.29, 0.717) is 0 Å². The van der Waals surface area contributed by atoms with E-state index in [1.54, 1.807) is 7.11 Å². The van der Waals surface area contributed by atoms with Gasteiger partial charge in [0.1, 0.15) is 11.3 Å². The van der Waals surface area contributed by atoms with Crippen LogP contribution in [0.4, 0.5) is 0 Å². The Bertz CT molecular complexity index is 464. The van der Waals surface area contributed by atoms with Crippen LogP contribution in [0, 0.1) is 0 Å². The summed E-state index contributed by atoms with van der Waals surface area (Å²) in [7, 11) is 1.67. The lowest BCUT2D eigenvalue weighted by Crippen LogP contribution is -1.94. The number of hydrogen-bond donors (Lipinski definition) is 0. The molecule has 0 aliphatic rings. The van der Waals surface area contributed by atoms with E-state index in [-0.39, 0.29) is 0 Å². The molecule has 3 nitrogen and oxygen atoms in total. The predicted octanol–water partition coefficient (Wildman–Crippen LogP) is 2.83. The second-order valence-corrected chi connectivity index (χ2v) is 3.92. The molecule has 2 rings (SSSR count). The summed E-state index contributed by atoms with van der Waals surface area (Å²) in [5.41, 5.74) is 2.01. The summed E-state index contributed by atoms with van der Waals surface area (Å²) in [6, 6.07) is 3.94. The Labute approximate surface area is 90.8 Å². The van der Waals surface area contributed by atoms with E-state index in [9.17, 15) is 0 Å². The van der Waals surface area contributed by atoms with Gasteiger partial charge in [0.25, 0.3) is 0 Å². The minimum Gasteiger partial charge on any atom is -0.494 e. The molecule has 0 radical (unpaired) electrons. The van der Waals surface area contributed by atoms with Crippen LogP contribution in [-0.2, 0) is 6.54 Å². The molecule has 0 fully saturated rings. The first-order valence-corrected chi connectivity index (χ1v) is 5.24. The number of imidazole rings is 1. The smallest absolute Gasteiger partial charge is 0.145 e. The summed E-state index contributed by atoms with van der Waals surface area (Å²) < 4.78 is 8.38. The van der Waals surface area contributed by atoms with Gasteiger partial charge in [-0.25, -0.2) is 4.98 Å². The highest BCUT2D eigenvalue weighted by Gasteiger charge is 2.08. The third-order valence-corrected chi connectivity index (χ3v) is 2.66. The number of hydrogen-bond acceptors (Lipinski definition) is 2. The molecule has 0 aliphatic heterocycles. The first-order chi connectivity index (χ1) is 6.76. The highest BCUT2D eigenvalue weighted by Crippen LogP contribution is 2.29. The maximum absolute atomic E-state index is 5.32. The van der Waals surface area contributed by atoms with Gasteiger partial charge in [0.05, 0.1) is 19.0 Å². The third-order valence-electron chi connectivity index (χ3n) is 2.20. The molecule has 0 bridgehead atoms. The van der Waals surface area contributed by atoms with E-state index in [1.165, 1.54) is 0 Å². The van der Waals surface area contributed by atoms with Crippen molar-refractivity contribution in [3.8, 4) is 5.75 Å². The molecule has 1 aromatic heterocycles. The fourth-order valence-corrected chi connectivity index (χ4v) is 1.96. The Morgan fingerprint density at radius 3 is 2.93 bits per heavy atom. The largest absolute Gasteiger partial charge is 0.494 e. The second-order valence-electron chi connectivity index (χ2n) is 3.01. The number of nitrogens with zero attached hydrogens (tertiary/aromatic N) is 2. The van der Waals surface area contributed by atoms with Crippen LogP contribution in [0.5, 0.6) is 5.75 Å². The van der Waals surface area contributed by atoms with Crippen molar-refractivity contribution in [2.24, 2.45) is 0 Å². The number of halogens is 1. The van der Waals surface area contributed by atoms with Crippen molar-refractivity contribution in [2.75, 3.05) is 7.11 Å². The number of ether oxygens (including phenoxy) is 1. The molecule has 0 atom stereocenters. The van der Waals surface area contributed by atoms with Gasteiger partial charge in [-0.1, -0.05) is 15.9 Å². The Morgan fingerprint density at radius 1 is 1.50 bits per heavy atom. The SMILES string of the molecule is CCn1cnc2cc(Br)cc(OC)c21. The summed E-state index contributed by atoms with van der Waals surface area (Å²) in [5.74, 6) is 0.855. The predicted molar refractivity (Wildman–Crippen MR) is 59.7 cm³/mol. The van der Waals surface area contributed by atoms with Crippen molar-refractivity contribution in [3.63, 3.8) is 0 Å². The van der Waals surface area contributed by atoms with Crippen LogP contribution in [-0.4, -0.2) is 16.7 Å². The van der Waals surface area contributed by atoms with Gasteiger partial charge in [0.2, 0.25) is 0 Å². The Hall–Kier alpha value is -1.03. The Balaban J connectivity index is 2.78. The summed E-state index contributed by atoms with van der Waals surface area (Å²) in [6.07, 6.45) is 1.83. The zero-order chi connectivity index (χ0) is 10.1. The van der Waals surface area contributed by atoms with Crippen molar-refractivity contribution in [1.82, 2.24) is 9.55 Å². The van der Waals surface area contributed by atoms with E-state index in [2.05, 4.69) is 32.4 Å². The van der Waals surface area contributed by atoms with Gasteiger partial charge >= 0.3 is 0 Å². The highest BCUT2D eigenvalue weighted by molar-refractivity contribution is 9.10. The lowest BCUT2D eigenvalue weighted by Gasteiger charge is -2.05. The monoisotopic (exact) mass is 254 g/mol. The first-order valence-electron chi connectivity index (χ1n) is 4.44. The molecule has 0 spiro atoms. The molecule has 0 unspecified atom stereocenters. The number of fused-ring (bicyclic) bond motifs is 1. The van der Waals surface area contributed by atoms with Crippen LogP contribution < -0.4 is 4.74 Å². The zero-order valence-electron chi connectivity index (χ0n) is 8.12. The van der Waals surface area contributed by atoms with Gasteiger partial charge in [-0.05, 0) is 19.1 Å². The zero-order valence-corrected chi connectivity index (χ0v) is 9.71. The molecule has 0 saturated heterocycles. The van der Waals surface area contributed by atoms with E-state index >= 15 is 0 Å².